The summed E-state index contributed by atoms with van der Waals surface area (Å²) >= 11 is 7.48. The normalized spacial score (nSPS) is 13.7. The second kappa shape index (κ2) is 8.23. The van der Waals surface area contributed by atoms with E-state index in [-0.39, 0.29) is 12.5 Å². The number of nitrogens with one attached hydrogen (secondary N) is 1. The highest BCUT2D eigenvalue weighted by Gasteiger charge is 2.24. The number of para-hydroxylation sites is 2. The summed E-state index contributed by atoms with van der Waals surface area (Å²) in [6.07, 6.45) is 2.17. The van der Waals surface area contributed by atoms with E-state index < -0.39 is 0 Å². The lowest BCUT2D eigenvalue weighted by Crippen LogP contribution is -2.29. The van der Waals surface area contributed by atoms with Gasteiger partial charge < -0.3 is 14.6 Å². The Balaban J connectivity index is 1.41. The number of thioether (sulfide) groups is 1. The molecule has 0 atom stereocenters. The molecule has 1 saturated carbocycles. The number of carbonyl (C=O) groups is 1. The molecule has 0 radical (unpaired) electrons. The van der Waals surface area contributed by atoms with Crippen molar-refractivity contribution in [2.24, 2.45) is 0 Å². The van der Waals surface area contributed by atoms with Crippen molar-refractivity contribution in [3.05, 3.63) is 53.6 Å². The van der Waals surface area contributed by atoms with E-state index in [0.717, 1.165) is 40.5 Å². The van der Waals surface area contributed by atoms with Gasteiger partial charge in [-0.1, -0.05) is 35.5 Å². The highest BCUT2D eigenvalue weighted by atomic mass is 35.5. The molecule has 140 valence electrons. The molecule has 3 aromatic rings. The minimum atomic E-state index is 0.0416. The SMILES string of the molecule is O=C(Cn1c(SCCOc2ccc(Cl)cc2)nc2ccccc21)NC1CC1. The quantitative estimate of drug-likeness (QED) is 0.455. The number of imidazole rings is 1. The van der Waals surface area contributed by atoms with Crippen molar-refractivity contribution in [3.63, 3.8) is 0 Å². The van der Waals surface area contributed by atoms with Gasteiger partial charge in [-0.15, -0.1) is 0 Å². The molecular formula is C20H20ClN3O2S. The van der Waals surface area contributed by atoms with Crippen LogP contribution in [0.3, 0.4) is 0 Å². The van der Waals surface area contributed by atoms with Crippen molar-refractivity contribution >= 4 is 40.3 Å². The number of halogens is 1. The highest BCUT2D eigenvalue weighted by molar-refractivity contribution is 7.99. The smallest absolute Gasteiger partial charge is 0.240 e. The predicted molar refractivity (Wildman–Crippen MR) is 109 cm³/mol. The largest absolute Gasteiger partial charge is 0.493 e. The number of hydrogen-bond acceptors (Lipinski definition) is 4. The Hall–Kier alpha value is -2.18. The second-order valence-corrected chi connectivity index (χ2v) is 7.96. The third-order valence-corrected chi connectivity index (χ3v) is 5.45. The number of nitrogens with zero attached hydrogens (tertiary/aromatic N) is 2. The first kappa shape index (κ1) is 18.2. The van der Waals surface area contributed by atoms with Gasteiger partial charge in [0.2, 0.25) is 5.91 Å². The molecule has 1 aliphatic rings. The fourth-order valence-corrected chi connectivity index (χ4v) is 3.74. The lowest BCUT2D eigenvalue weighted by molar-refractivity contribution is -0.121. The molecule has 1 fully saturated rings. The van der Waals surface area contributed by atoms with Crippen LogP contribution in [-0.2, 0) is 11.3 Å². The zero-order valence-electron chi connectivity index (χ0n) is 14.7. The minimum absolute atomic E-state index is 0.0416. The van der Waals surface area contributed by atoms with Gasteiger partial charge in [0.25, 0.3) is 0 Å². The average molecular weight is 402 g/mol. The van der Waals surface area contributed by atoms with Crippen LogP contribution in [0, 0.1) is 0 Å². The van der Waals surface area contributed by atoms with Crippen LogP contribution in [0.2, 0.25) is 5.02 Å². The van der Waals surface area contributed by atoms with Gasteiger partial charge in [0, 0.05) is 16.8 Å². The first-order chi connectivity index (χ1) is 13.2. The van der Waals surface area contributed by atoms with Gasteiger partial charge in [0.15, 0.2) is 5.16 Å². The third-order valence-electron chi connectivity index (χ3n) is 4.26. The van der Waals surface area contributed by atoms with Crippen LogP contribution in [0.5, 0.6) is 5.75 Å². The zero-order valence-corrected chi connectivity index (χ0v) is 16.3. The summed E-state index contributed by atoms with van der Waals surface area (Å²) in [5.74, 6) is 1.56. The molecule has 2 aromatic carbocycles. The maximum absolute atomic E-state index is 12.3. The van der Waals surface area contributed by atoms with Gasteiger partial charge in [-0.3, -0.25) is 4.79 Å². The first-order valence-electron chi connectivity index (χ1n) is 8.95. The summed E-state index contributed by atoms with van der Waals surface area (Å²) in [5, 5.41) is 4.57. The van der Waals surface area contributed by atoms with Crippen LogP contribution in [0.4, 0.5) is 0 Å². The molecule has 1 amide bonds. The maximum atomic E-state index is 12.3. The van der Waals surface area contributed by atoms with Crippen LogP contribution in [0.1, 0.15) is 12.8 Å². The fourth-order valence-electron chi connectivity index (χ4n) is 2.78. The number of fused-ring (bicyclic) bond motifs is 1. The van der Waals surface area contributed by atoms with Gasteiger partial charge >= 0.3 is 0 Å². The standard InChI is InChI=1S/C20H20ClN3O2S/c21-14-5-9-16(10-6-14)26-11-12-27-20-23-17-3-1-2-4-18(17)24(20)13-19(25)22-15-7-8-15/h1-6,9-10,15H,7-8,11-13H2,(H,22,25). The topological polar surface area (TPSA) is 56.2 Å². The summed E-state index contributed by atoms with van der Waals surface area (Å²) in [7, 11) is 0. The summed E-state index contributed by atoms with van der Waals surface area (Å²) in [5.41, 5.74) is 1.88. The van der Waals surface area contributed by atoms with E-state index in [4.69, 9.17) is 16.3 Å². The van der Waals surface area contributed by atoms with E-state index in [1.54, 1.807) is 11.8 Å². The molecule has 7 heteroatoms. The summed E-state index contributed by atoms with van der Waals surface area (Å²) in [6, 6.07) is 15.6. The van der Waals surface area contributed by atoms with Gasteiger partial charge in [-0.2, -0.15) is 0 Å². The number of aromatic nitrogens is 2. The van der Waals surface area contributed by atoms with E-state index in [1.807, 2.05) is 53.1 Å². The Labute approximate surface area is 167 Å². The van der Waals surface area contributed by atoms with E-state index in [2.05, 4.69) is 10.3 Å². The van der Waals surface area contributed by atoms with Crippen LogP contribution in [-0.4, -0.2) is 33.9 Å². The van der Waals surface area contributed by atoms with E-state index in [1.165, 1.54) is 0 Å². The Kier molecular flexibility index (Phi) is 5.55. The van der Waals surface area contributed by atoms with Gasteiger partial charge in [0.1, 0.15) is 12.3 Å². The monoisotopic (exact) mass is 401 g/mol. The Morgan fingerprint density at radius 1 is 1.22 bits per heavy atom. The van der Waals surface area contributed by atoms with Crippen LogP contribution in [0.15, 0.2) is 53.7 Å². The maximum Gasteiger partial charge on any atom is 0.240 e. The van der Waals surface area contributed by atoms with Crippen molar-refractivity contribution in [1.82, 2.24) is 14.9 Å². The van der Waals surface area contributed by atoms with Crippen molar-refractivity contribution in [2.45, 2.75) is 30.6 Å². The Morgan fingerprint density at radius 2 is 2.00 bits per heavy atom. The predicted octanol–water partition coefficient (Wildman–Crippen LogP) is 4.14. The summed E-state index contributed by atoms with van der Waals surface area (Å²) in [4.78, 5) is 17.0. The molecule has 1 aromatic heterocycles. The van der Waals surface area contributed by atoms with Crippen molar-refractivity contribution in [1.29, 1.82) is 0 Å². The van der Waals surface area contributed by atoms with Crippen molar-refractivity contribution < 1.29 is 9.53 Å². The number of hydrogen-bond donors (Lipinski definition) is 1. The first-order valence-corrected chi connectivity index (χ1v) is 10.3. The van der Waals surface area contributed by atoms with Crippen molar-refractivity contribution in [3.8, 4) is 5.75 Å². The molecule has 1 N–H and O–H groups in total. The van der Waals surface area contributed by atoms with E-state index >= 15 is 0 Å². The van der Waals surface area contributed by atoms with Gasteiger partial charge in [-0.05, 0) is 49.2 Å². The molecule has 4 rings (SSSR count). The Morgan fingerprint density at radius 3 is 2.78 bits per heavy atom. The summed E-state index contributed by atoms with van der Waals surface area (Å²) in [6.45, 7) is 0.834. The molecule has 1 aliphatic carbocycles. The molecule has 5 nitrogen and oxygen atoms in total. The molecule has 0 spiro atoms. The van der Waals surface area contributed by atoms with Crippen LogP contribution >= 0.6 is 23.4 Å². The number of amides is 1. The number of carbonyl (C=O) groups excluding carboxylic acids is 1. The van der Waals surface area contributed by atoms with Gasteiger partial charge in [0.05, 0.1) is 17.6 Å². The third kappa shape index (κ3) is 4.76. The number of benzene rings is 2. The van der Waals surface area contributed by atoms with Gasteiger partial charge in [-0.25, -0.2) is 4.98 Å². The van der Waals surface area contributed by atoms with Crippen LogP contribution in [0.25, 0.3) is 11.0 Å². The molecule has 0 unspecified atom stereocenters. The average Bonchev–Trinajstić information content (AvgIpc) is 3.41. The number of rotatable bonds is 8. The lowest BCUT2D eigenvalue weighted by Gasteiger charge is -2.10. The molecule has 0 bridgehead atoms. The van der Waals surface area contributed by atoms with Crippen LogP contribution < -0.4 is 10.1 Å². The number of ether oxygens (including phenoxy) is 1. The zero-order chi connectivity index (χ0) is 18.6. The second-order valence-electron chi connectivity index (χ2n) is 6.46. The molecule has 1 heterocycles. The molecule has 0 aliphatic heterocycles. The summed E-state index contributed by atoms with van der Waals surface area (Å²) < 4.78 is 7.73. The fraction of sp³-hybridized carbons (Fsp3) is 0.300. The highest BCUT2D eigenvalue weighted by Crippen LogP contribution is 2.25. The van der Waals surface area contributed by atoms with E-state index in [9.17, 15) is 4.79 Å². The minimum Gasteiger partial charge on any atom is -0.493 e. The van der Waals surface area contributed by atoms with E-state index in [0.29, 0.717) is 17.7 Å². The molecular weight excluding hydrogens is 382 g/mol. The molecule has 27 heavy (non-hydrogen) atoms. The van der Waals surface area contributed by atoms with Crippen molar-refractivity contribution in [2.75, 3.05) is 12.4 Å². The molecule has 0 saturated heterocycles. The Bertz CT molecular complexity index is 938. The lowest BCUT2D eigenvalue weighted by atomic mass is 10.3.